The standard InChI is InChI=1S/C11H11BrO3S/c1-6(13)15-9-5-7(4-8(9)14)10-2-3-11(12)16-10/h2-3,7,9H,4-5H2,1H3. The van der Waals surface area contributed by atoms with Crippen molar-refractivity contribution in [3.63, 3.8) is 0 Å². The molecule has 5 heteroatoms. The van der Waals surface area contributed by atoms with Crippen LogP contribution in [-0.4, -0.2) is 17.9 Å². The third-order valence-corrected chi connectivity index (χ3v) is 4.40. The molecule has 2 atom stereocenters. The quantitative estimate of drug-likeness (QED) is 0.789. The molecule has 1 aliphatic carbocycles. The first-order chi connectivity index (χ1) is 7.56. The molecule has 1 aromatic rings. The molecule has 16 heavy (non-hydrogen) atoms. The van der Waals surface area contributed by atoms with E-state index in [1.807, 2.05) is 12.1 Å². The molecule has 1 aromatic heterocycles. The fraction of sp³-hybridized carbons (Fsp3) is 0.455. The van der Waals surface area contributed by atoms with Crippen LogP contribution in [0, 0.1) is 0 Å². The summed E-state index contributed by atoms with van der Waals surface area (Å²) in [6, 6.07) is 3.99. The number of carbonyl (C=O) groups is 2. The van der Waals surface area contributed by atoms with Crippen molar-refractivity contribution in [2.75, 3.05) is 0 Å². The lowest BCUT2D eigenvalue weighted by atomic mass is 10.1. The average molecular weight is 303 g/mol. The number of ketones is 1. The molecule has 2 rings (SSSR count). The van der Waals surface area contributed by atoms with E-state index in [-0.39, 0.29) is 17.7 Å². The van der Waals surface area contributed by atoms with Gasteiger partial charge >= 0.3 is 5.97 Å². The van der Waals surface area contributed by atoms with Gasteiger partial charge < -0.3 is 4.74 Å². The van der Waals surface area contributed by atoms with Gasteiger partial charge in [0, 0.05) is 24.1 Å². The predicted molar refractivity (Wildman–Crippen MR) is 64.6 cm³/mol. The minimum atomic E-state index is -0.539. The van der Waals surface area contributed by atoms with Gasteiger partial charge in [-0.2, -0.15) is 0 Å². The number of hydrogen-bond acceptors (Lipinski definition) is 4. The first-order valence-corrected chi connectivity index (χ1v) is 6.62. The summed E-state index contributed by atoms with van der Waals surface area (Å²) in [5.74, 6) is -0.149. The molecule has 2 unspecified atom stereocenters. The number of carbonyl (C=O) groups excluding carboxylic acids is 2. The fourth-order valence-electron chi connectivity index (χ4n) is 1.93. The second kappa shape index (κ2) is 4.67. The van der Waals surface area contributed by atoms with Gasteiger partial charge in [-0.15, -0.1) is 11.3 Å². The van der Waals surface area contributed by atoms with Crippen LogP contribution in [0.15, 0.2) is 15.9 Å². The van der Waals surface area contributed by atoms with Crippen LogP contribution in [0.5, 0.6) is 0 Å². The van der Waals surface area contributed by atoms with E-state index < -0.39 is 6.10 Å². The number of ether oxygens (including phenoxy) is 1. The lowest BCUT2D eigenvalue weighted by molar-refractivity contribution is -0.151. The maximum Gasteiger partial charge on any atom is 0.303 e. The van der Waals surface area contributed by atoms with E-state index in [9.17, 15) is 9.59 Å². The Morgan fingerprint density at radius 1 is 1.56 bits per heavy atom. The Bertz CT molecular complexity index is 427. The summed E-state index contributed by atoms with van der Waals surface area (Å²) >= 11 is 5.03. The lowest BCUT2D eigenvalue weighted by Gasteiger charge is -2.08. The van der Waals surface area contributed by atoms with Crippen LogP contribution >= 0.6 is 27.3 Å². The van der Waals surface area contributed by atoms with Crippen LogP contribution in [0.4, 0.5) is 0 Å². The van der Waals surface area contributed by atoms with Crippen molar-refractivity contribution in [3.8, 4) is 0 Å². The van der Waals surface area contributed by atoms with Crippen molar-refractivity contribution in [1.82, 2.24) is 0 Å². The monoisotopic (exact) mass is 302 g/mol. The highest BCUT2D eigenvalue weighted by Gasteiger charge is 2.36. The molecule has 3 nitrogen and oxygen atoms in total. The van der Waals surface area contributed by atoms with Crippen LogP contribution < -0.4 is 0 Å². The normalized spacial score (nSPS) is 24.8. The SMILES string of the molecule is CC(=O)OC1CC(c2ccc(Br)s2)CC1=O. The number of thiophene rings is 1. The van der Waals surface area contributed by atoms with Crippen LogP contribution in [-0.2, 0) is 14.3 Å². The topological polar surface area (TPSA) is 43.4 Å². The van der Waals surface area contributed by atoms with Crippen molar-refractivity contribution in [3.05, 3.63) is 20.8 Å². The molecular formula is C11H11BrO3S. The van der Waals surface area contributed by atoms with Gasteiger partial charge in [0.05, 0.1) is 3.79 Å². The number of halogens is 1. The molecule has 0 aliphatic heterocycles. The maximum atomic E-state index is 11.6. The van der Waals surface area contributed by atoms with Crippen LogP contribution in [0.1, 0.15) is 30.6 Å². The maximum absolute atomic E-state index is 11.6. The Labute approximate surface area is 106 Å². The average Bonchev–Trinajstić information content (AvgIpc) is 2.74. The molecule has 0 amide bonds. The van der Waals surface area contributed by atoms with E-state index in [1.54, 1.807) is 11.3 Å². The summed E-state index contributed by atoms with van der Waals surface area (Å²) in [7, 11) is 0. The first-order valence-electron chi connectivity index (χ1n) is 5.01. The zero-order chi connectivity index (χ0) is 11.7. The van der Waals surface area contributed by atoms with Crippen LogP contribution in [0.2, 0.25) is 0 Å². The zero-order valence-corrected chi connectivity index (χ0v) is 11.1. The molecule has 0 radical (unpaired) electrons. The lowest BCUT2D eigenvalue weighted by Crippen LogP contribution is -2.20. The zero-order valence-electron chi connectivity index (χ0n) is 8.73. The molecule has 1 heterocycles. The van der Waals surface area contributed by atoms with Gasteiger partial charge in [0.25, 0.3) is 0 Å². The molecular weight excluding hydrogens is 292 g/mol. The smallest absolute Gasteiger partial charge is 0.303 e. The minimum Gasteiger partial charge on any atom is -0.455 e. The fourth-order valence-corrected chi connectivity index (χ4v) is 3.46. The Kier molecular flexibility index (Phi) is 3.44. The van der Waals surface area contributed by atoms with Gasteiger partial charge in [0.15, 0.2) is 11.9 Å². The van der Waals surface area contributed by atoms with E-state index in [1.165, 1.54) is 11.8 Å². The Morgan fingerprint density at radius 2 is 2.31 bits per heavy atom. The second-order valence-corrected chi connectivity index (χ2v) is 6.34. The van der Waals surface area contributed by atoms with Gasteiger partial charge in [0.1, 0.15) is 0 Å². The number of rotatable bonds is 2. The van der Waals surface area contributed by atoms with Crippen LogP contribution in [0.25, 0.3) is 0 Å². The largest absolute Gasteiger partial charge is 0.455 e. The third-order valence-electron chi connectivity index (χ3n) is 2.61. The molecule has 0 saturated heterocycles. The molecule has 0 N–H and O–H groups in total. The van der Waals surface area contributed by atoms with Crippen molar-refractivity contribution >= 4 is 39.0 Å². The molecule has 1 saturated carbocycles. The molecule has 0 bridgehead atoms. The van der Waals surface area contributed by atoms with E-state index in [0.29, 0.717) is 12.8 Å². The predicted octanol–water partition coefficient (Wildman–Crippen LogP) is 2.89. The Morgan fingerprint density at radius 3 is 2.88 bits per heavy atom. The Hall–Kier alpha value is -0.680. The highest BCUT2D eigenvalue weighted by Crippen LogP contribution is 2.38. The molecule has 1 aliphatic rings. The molecule has 0 aromatic carbocycles. The third kappa shape index (κ3) is 2.52. The van der Waals surface area contributed by atoms with Crippen molar-refractivity contribution in [2.24, 2.45) is 0 Å². The molecule has 0 spiro atoms. The summed E-state index contributed by atoms with van der Waals surface area (Å²) in [6.45, 7) is 1.34. The van der Waals surface area contributed by atoms with Gasteiger partial charge in [-0.1, -0.05) is 0 Å². The van der Waals surface area contributed by atoms with Crippen molar-refractivity contribution in [2.45, 2.75) is 31.8 Å². The number of esters is 1. The van der Waals surface area contributed by atoms with Crippen molar-refractivity contribution in [1.29, 1.82) is 0 Å². The Balaban J connectivity index is 2.06. The van der Waals surface area contributed by atoms with E-state index in [2.05, 4.69) is 15.9 Å². The van der Waals surface area contributed by atoms with Gasteiger partial charge in [-0.3, -0.25) is 9.59 Å². The molecule has 86 valence electrons. The first kappa shape index (κ1) is 11.8. The van der Waals surface area contributed by atoms with E-state index in [0.717, 1.165) is 3.79 Å². The minimum absolute atomic E-state index is 0.0322. The number of Topliss-reactive ketones (excluding diaryl/α,β-unsaturated/α-hetero) is 1. The van der Waals surface area contributed by atoms with Gasteiger partial charge in [-0.05, 0) is 34.5 Å². The van der Waals surface area contributed by atoms with Gasteiger partial charge in [0.2, 0.25) is 0 Å². The number of hydrogen-bond donors (Lipinski definition) is 0. The summed E-state index contributed by atoms with van der Waals surface area (Å²) in [5.41, 5.74) is 0. The van der Waals surface area contributed by atoms with Crippen LogP contribution in [0.3, 0.4) is 0 Å². The van der Waals surface area contributed by atoms with E-state index in [4.69, 9.17) is 4.74 Å². The highest BCUT2D eigenvalue weighted by molar-refractivity contribution is 9.11. The van der Waals surface area contributed by atoms with E-state index >= 15 is 0 Å². The summed E-state index contributed by atoms with van der Waals surface area (Å²) in [5, 5.41) is 0. The second-order valence-electron chi connectivity index (χ2n) is 3.84. The van der Waals surface area contributed by atoms with Gasteiger partial charge in [-0.25, -0.2) is 0 Å². The summed E-state index contributed by atoms with van der Waals surface area (Å²) in [4.78, 5) is 23.6. The molecule has 1 fully saturated rings. The highest BCUT2D eigenvalue weighted by atomic mass is 79.9. The summed E-state index contributed by atoms with van der Waals surface area (Å²) < 4.78 is 6.05. The van der Waals surface area contributed by atoms with Crippen molar-refractivity contribution < 1.29 is 14.3 Å². The summed E-state index contributed by atoms with van der Waals surface area (Å²) in [6.07, 6.45) is 0.555.